The SMILES string of the molecule is CCNC/C(=C/c1ccc(CC)cc1)C1CCCCC1. The van der Waals surface area contributed by atoms with Gasteiger partial charge in [0, 0.05) is 6.54 Å². The van der Waals surface area contributed by atoms with Crippen LogP contribution in [0.4, 0.5) is 0 Å². The summed E-state index contributed by atoms with van der Waals surface area (Å²) in [5.41, 5.74) is 4.39. The Balaban J connectivity index is 2.12. The third kappa shape index (κ3) is 4.49. The molecule has 0 atom stereocenters. The highest BCUT2D eigenvalue weighted by molar-refractivity contribution is 5.54. The van der Waals surface area contributed by atoms with Crippen LogP contribution in [0, 0.1) is 5.92 Å². The summed E-state index contributed by atoms with van der Waals surface area (Å²) >= 11 is 0. The molecule has 1 fully saturated rings. The van der Waals surface area contributed by atoms with Crippen molar-refractivity contribution in [2.75, 3.05) is 13.1 Å². The van der Waals surface area contributed by atoms with Crippen LogP contribution < -0.4 is 5.32 Å². The molecule has 0 radical (unpaired) electrons. The van der Waals surface area contributed by atoms with Gasteiger partial charge in [-0.15, -0.1) is 0 Å². The van der Waals surface area contributed by atoms with E-state index in [1.54, 1.807) is 5.57 Å². The first-order chi connectivity index (χ1) is 9.83. The molecule has 0 spiro atoms. The molecule has 0 amide bonds. The van der Waals surface area contributed by atoms with E-state index < -0.39 is 0 Å². The minimum atomic E-state index is 0.800. The van der Waals surface area contributed by atoms with Crippen molar-refractivity contribution >= 4 is 6.08 Å². The quantitative estimate of drug-likeness (QED) is 0.782. The molecule has 1 aliphatic rings. The zero-order chi connectivity index (χ0) is 14.2. The fraction of sp³-hybridized carbons (Fsp3) is 0.579. The standard InChI is InChI=1S/C19H29N/c1-3-16-10-12-17(13-11-16)14-19(15-20-4-2)18-8-6-5-7-9-18/h10-14,18,20H,3-9,15H2,1-2H3/b19-14-. The first-order valence-electron chi connectivity index (χ1n) is 8.33. The van der Waals surface area contributed by atoms with Crippen LogP contribution in [0.2, 0.25) is 0 Å². The minimum Gasteiger partial charge on any atom is -0.313 e. The number of likely N-dealkylation sites (N-methyl/N-ethyl adjacent to an activating group) is 1. The summed E-state index contributed by atoms with van der Waals surface area (Å²) in [5, 5.41) is 3.52. The summed E-state index contributed by atoms with van der Waals surface area (Å²) in [4.78, 5) is 0. The Kier molecular flexibility index (Phi) is 6.32. The van der Waals surface area contributed by atoms with Gasteiger partial charge in [0.15, 0.2) is 0 Å². The molecule has 1 heteroatoms. The second kappa shape index (κ2) is 8.26. The number of nitrogens with one attached hydrogen (secondary N) is 1. The maximum atomic E-state index is 3.52. The van der Waals surface area contributed by atoms with Crippen molar-refractivity contribution in [1.82, 2.24) is 5.32 Å². The van der Waals surface area contributed by atoms with Gasteiger partial charge in [-0.2, -0.15) is 0 Å². The maximum Gasteiger partial charge on any atom is 0.0170 e. The lowest BCUT2D eigenvalue weighted by Crippen LogP contribution is -2.22. The Bertz CT molecular complexity index is 410. The fourth-order valence-electron chi connectivity index (χ4n) is 3.12. The lowest BCUT2D eigenvalue weighted by Gasteiger charge is -2.25. The highest BCUT2D eigenvalue weighted by atomic mass is 14.8. The second-order valence-corrected chi connectivity index (χ2v) is 5.93. The predicted octanol–water partition coefficient (Wildman–Crippen LogP) is 4.82. The zero-order valence-corrected chi connectivity index (χ0v) is 13.1. The van der Waals surface area contributed by atoms with Crippen LogP contribution in [0.5, 0.6) is 0 Å². The lowest BCUT2D eigenvalue weighted by atomic mass is 9.83. The van der Waals surface area contributed by atoms with E-state index in [0.29, 0.717) is 0 Å². The third-order valence-corrected chi connectivity index (χ3v) is 4.45. The Labute approximate surface area is 124 Å². The molecule has 20 heavy (non-hydrogen) atoms. The second-order valence-electron chi connectivity index (χ2n) is 5.93. The zero-order valence-electron chi connectivity index (χ0n) is 13.1. The maximum absolute atomic E-state index is 3.52. The van der Waals surface area contributed by atoms with Gasteiger partial charge in [-0.05, 0) is 42.9 Å². The van der Waals surface area contributed by atoms with Gasteiger partial charge >= 0.3 is 0 Å². The lowest BCUT2D eigenvalue weighted by molar-refractivity contribution is 0.397. The molecular weight excluding hydrogens is 242 g/mol. The van der Waals surface area contributed by atoms with Crippen LogP contribution in [0.15, 0.2) is 29.8 Å². The largest absolute Gasteiger partial charge is 0.313 e. The molecule has 0 aliphatic heterocycles. The van der Waals surface area contributed by atoms with Gasteiger partial charge in [0.1, 0.15) is 0 Å². The molecule has 0 aromatic heterocycles. The van der Waals surface area contributed by atoms with Crippen molar-refractivity contribution in [3.63, 3.8) is 0 Å². The number of hydrogen-bond donors (Lipinski definition) is 1. The van der Waals surface area contributed by atoms with E-state index in [1.807, 2.05) is 0 Å². The molecule has 1 saturated carbocycles. The number of hydrogen-bond acceptors (Lipinski definition) is 1. The minimum absolute atomic E-state index is 0.800. The Morgan fingerprint density at radius 3 is 2.40 bits per heavy atom. The molecule has 1 aliphatic carbocycles. The molecule has 0 bridgehead atoms. The molecule has 110 valence electrons. The molecule has 0 heterocycles. The van der Waals surface area contributed by atoms with Crippen LogP contribution in [0.1, 0.15) is 57.1 Å². The van der Waals surface area contributed by atoms with Crippen molar-refractivity contribution < 1.29 is 0 Å². The fourth-order valence-corrected chi connectivity index (χ4v) is 3.12. The van der Waals surface area contributed by atoms with Gasteiger partial charge in [0.05, 0.1) is 0 Å². The first kappa shape index (κ1) is 15.3. The van der Waals surface area contributed by atoms with E-state index in [2.05, 4.69) is 49.5 Å². The van der Waals surface area contributed by atoms with Gasteiger partial charge in [-0.1, -0.05) is 69.0 Å². The highest BCUT2D eigenvalue weighted by Crippen LogP contribution is 2.30. The van der Waals surface area contributed by atoms with Gasteiger partial charge in [0.2, 0.25) is 0 Å². The normalized spacial score (nSPS) is 17.4. The molecule has 1 N–H and O–H groups in total. The third-order valence-electron chi connectivity index (χ3n) is 4.45. The number of rotatable bonds is 6. The van der Waals surface area contributed by atoms with E-state index >= 15 is 0 Å². The van der Waals surface area contributed by atoms with Crippen LogP contribution >= 0.6 is 0 Å². The molecule has 1 nitrogen and oxygen atoms in total. The van der Waals surface area contributed by atoms with Crippen LogP contribution in [0.3, 0.4) is 0 Å². The smallest absolute Gasteiger partial charge is 0.0170 e. The molecule has 0 saturated heterocycles. The molecule has 1 aromatic rings. The van der Waals surface area contributed by atoms with E-state index in [-0.39, 0.29) is 0 Å². The first-order valence-corrected chi connectivity index (χ1v) is 8.33. The van der Waals surface area contributed by atoms with Crippen molar-refractivity contribution in [3.8, 4) is 0 Å². The van der Waals surface area contributed by atoms with Crippen molar-refractivity contribution in [3.05, 3.63) is 41.0 Å². The van der Waals surface area contributed by atoms with Crippen LogP contribution in [-0.2, 0) is 6.42 Å². The highest BCUT2D eigenvalue weighted by Gasteiger charge is 2.17. The average Bonchev–Trinajstić information content (AvgIpc) is 2.53. The Morgan fingerprint density at radius 1 is 1.10 bits per heavy atom. The summed E-state index contributed by atoms with van der Waals surface area (Å²) in [7, 11) is 0. The van der Waals surface area contributed by atoms with Gasteiger partial charge in [-0.3, -0.25) is 0 Å². The summed E-state index contributed by atoms with van der Waals surface area (Å²) in [6.07, 6.45) is 10.5. The Morgan fingerprint density at radius 2 is 1.80 bits per heavy atom. The van der Waals surface area contributed by atoms with Crippen molar-refractivity contribution in [2.45, 2.75) is 52.4 Å². The molecular formula is C19H29N. The Hall–Kier alpha value is -1.08. The monoisotopic (exact) mass is 271 g/mol. The van der Waals surface area contributed by atoms with E-state index in [9.17, 15) is 0 Å². The molecule has 1 aromatic carbocycles. The predicted molar refractivity (Wildman–Crippen MR) is 88.9 cm³/mol. The number of aryl methyl sites for hydroxylation is 1. The van der Waals surface area contributed by atoms with Crippen molar-refractivity contribution in [2.24, 2.45) is 5.92 Å². The topological polar surface area (TPSA) is 12.0 Å². The number of benzene rings is 1. The molecule has 0 unspecified atom stereocenters. The van der Waals surface area contributed by atoms with Gasteiger partial charge in [0.25, 0.3) is 0 Å². The van der Waals surface area contributed by atoms with E-state index in [1.165, 1.54) is 43.2 Å². The summed E-state index contributed by atoms with van der Waals surface area (Å²) in [6.45, 7) is 6.51. The average molecular weight is 271 g/mol. The van der Waals surface area contributed by atoms with Crippen LogP contribution in [-0.4, -0.2) is 13.1 Å². The van der Waals surface area contributed by atoms with Crippen molar-refractivity contribution in [1.29, 1.82) is 0 Å². The van der Waals surface area contributed by atoms with Crippen LogP contribution in [0.25, 0.3) is 6.08 Å². The van der Waals surface area contributed by atoms with E-state index in [4.69, 9.17) is 0 Å². The summed E-state index contributed by atoms with van der Waals surface area (Å²) in [5.74, 6) is 0.800. The summed E-state index contributed by atoms with van der Waals surface area (Å²) < 4.78 is 0. The van der Waals surface area contributed by atoms with Gasteiger partial charge < -0.3 is 5.32 Å². The summed E-state index contributed by atoms with van der Waals surface area (Å²) in [6, 6.07) is 9.07. The molecule has 2 rings (SSSR count). The van der Waals surface area contributed by atoms with Gasteiger partial charge in [-0.25, -0.2) is 0 Å². The van der Waals surface area contributed by atoms with E-state index in [0.717, 1.165) is 25.4 Å².